The number of likely N-dealkylation sites (N-methyl/N-ethyl adjacent to an activating group) is 1. The van der Waals surface area contributed by atoms with Gasteiger partial charge in [0.05, 0.1) is 18.5 Å². The number of nitrogens with zero attached hydrogens (tertiary/aromatic N) is 2. The Labute approximate surface area is 273 Å². The van der Waals surface area contributed by atoms with Crippen molar-refractivity contribution in [1.29, 1.82) is 0 Å². The third kappa shape index (κ3) is 9.42. The zero-order valence-electron chi connectivity index (χ0n) is 25.8. The summed E-state index contributed by atoms with van der Waals surface area (Å²) in [6, 6.07) is 0.457. The second-order valence-electron chi connectivity index (χ2n) is 11.3. The molecule has 16 nitrogen and oxygen atoms in total. The van der Waals surface area contributed by atoms with Crippen LogP contribution < -0.4 is 32.7 Å². The molecule has 0 aliphatic carbocycles. The molecule has 3 rings (SSSR count). The van der Waals surface area contributed by atoms with Crippen molar-refractivity contribution in [1.82, 2.24) is 31.2 Å². The van der Waals surface area contributed by atoms with Crippen molar-refractivity contribution in [3.63, 3.8) is 0 Å². The van der Waals surface area contributed by atoms with E-state index in [9.17, 15) is 33.9 Å². The lowest BCUT2D eigenvalue weighted by Gasteiger charge is -2.34. The van der Waals surface area contributed by atoms with Crippen LogP contribution in [0.15, 0.2) is 33.9 Å². The van der Waals surface area contributed by atoms with Crippen LogP contribution in [0.2, 0.25) is 0 Å². The van der Waals surface area contributed by atoms with E-state index in [1.54, 1.807) is 20.0 Å². The summed E-state index contributed by atoms with van der Waals surface area (Å²) < 4.78 is 0.780. The number of aromatic amines is 1. The number of hydrogen-bond acceptors (Lipinski definition) is 7. The van der Waals surface area contributed by atoms with Crippen molar-refractivity contribution in [2.24, 2.45) is 22.4 Å². The van der Waals surface area contributed by atoms with Crippen LogP contribution in [0.4, 0.5) is 0 Å². The first-order valence-electron chi connectivity index (χ1n) is 14.7. The van der Waals surface area contributed by atoms with Crippen LogP contribution >= 0.6 is 15.9 Å². The number of fused-ring (bicyclic) bond motifs is 1. The number of carboxylic acids is 1. The normalized spacial score (nSPS) is 21.9. The average Bonchev–Trinajstić information content (AvgIpc) is 3.39. The highest BCUT2D eigenvalue weighted by molar-refractivity contribution is 9.10. The molecule has 0 saturated carbocycles. The molecule has 10 N–H and O–H groups in total. The Morgan fingerprint density at radius 1 is 1.04 bits per heavy atom. The van der Waals surface area contributed by atoms with Gasteiger partial charge in [-0.1, -0.05) is 26.0 Å². The first-order valence-corrected chi connectivity index (χ1v) is 15.4. The monoisotopic (exact) mass is 705 g/mol. The molecule has 0 spiro atoms. The topological polar surface area (TPSA) is 254 Å². The zero-order chi connectivity index (χ0) is 34.1. The number of nitrogens with one attached hydrogen (secondary N) is 5. The first-order chi connectivity index (χ1) is 21.7. The van der Waals surface area contributed by atoms with Crippen molar-refractivity contribution >= 4 is 68.3 Å². The molecule has 1 fully saturated rings. The Balaban J connectivity index is 2.04. The SMILES string of the molecule is CC(C)[C@H]1C(=O)N[C@@H](CCCN=C(N)N)C(=O)NCC(=O)N[C@@H](CC(=O)O)C(=O)N[C@H](Cc2c[nH]c3c(Br)cccc23)C(=O)N1C. The summed E-state index contributed by atoms with van der Waals surface area (Å²) in [5.74, 6) is -5.70. The van der Waals surface area contributed by atoms with Crippen LogP contribution in [0.5, 0.6) is 0 Å². The molecule has 2 aromatic rings. The fourth-order valence-electron chi connectivity index (χ4n) is 5.29. The third-order valence-corrected chi connectivity index (χ3v) is 8.15. The Kier molecular flexibility index (Phi) is 12.5. The van der Waals surface area contributed by atoms with Crippen molar-refractivity contribution in [3.05, 3.63) is 34.4 Å². The molecule has 46 heavy (non-hydrogen) atoms. The van der Waals surface area contributed by atoms with Gasteiger partial charge in [0, 0.05) is 36.1 Å². The van der Waals surface area contributed by atoms with Crippen LogP contribution in [0.25, 0.3) is 10.9 Å². The van der Waals surface area contributed by atoms with E-state index in [-0.39, 0.29) is 25.3 Å². The smallest absolute Gasteiger partial charge is 0.305 e. The lowest BCUT2D eigenvalue weighted by molar-refractivity contribution is -0.144. The Morgan fingerprint density at radius 3 is 2.39 bits per heavy atom. The largest absolute Gasteiger partial charge is 0.481 e. The van der Waals surface area contributed by atoms with Crippen LogP contribution in [0.1, 0.15) is 38.7 Å². The highest BCUT2D eigenvalue weighted by atomic mass is 79.9. The van der Waals surface area contributed by atoms with E-state index >= 15 is 0 Å². The van der Waals surface area contributed by atoms with Gasteiger partial charge in [-0.2, -0.15) is 0 Å². The quantitative estimate of drug-likeness (QED) is 0.0910. The minimum Gasteiger partial charge on any atom is -0.481 e. The molecule has 1 saturated heterocycles. The van der Waals surface area contributed by atoms with Gasteiger partial charge < -0.3 is 47.7 Å². The number of halogens is 1. The molecule has 1 aromatic heterocycles. The number of para-hydroxylation sites is 1. The van der Waals surface area contributed by atoms with Gasteiger partial charge in [-0.25, -0.2) is 0 Å². The van der Waals surface area contributed by atoms with Crippen LogP contribution in [-0.2, 0) is 35.2 Å². The maximum atomic E-state index is 14.1. The van der Waals surface area contributed by atoms with E-state index in [1.165, 1.54) is 11.9 Å². The predicted molar refractivity (Wildman–Crippen MR) is 172 cm³/mol. The van der Waals surface area contributed by atoms with Gasteiger partial charge in [0.15, 0.2) is 5.96 Å². The molecule has 0 bridgehead atoms. The maximum Gasteiger partial charge on any atom is 0.305 e. The van der Waals surface area contributed by atoms with Crippen LogP contribution in [0.3, 0.4) is 0 Å². The van der Waals surface area contributed by atoms with Gasteiger partial charge in [0.25, 0.3) is 0 Å². The number of aliphatic carboxylic acids is 1. The Morgan fingerprint density at radius 2 is 1.74 bits per heavy atom. The summed E-state index contributed by atoms with van der Waals surface area (Å²) in [4.78, 5) is 87.0. The van der Waals surface area contributed by atoms with Crippen molar-refractivity contribution in [3.8, 4) is 0 Å². The van der Waals surface area contributed by atoms with Gasteiger partial charge in [0.2, 0.25) is 29.5 Å². The molecule has 1 aromatic carbocycles. The number of rotatable bonds is 9. The summed E-state index contributed by atoms with van der Waals surface area (Å²) in [5.41, 5.74) is 12.2. The van der Waals surface area contributed by atoms with E-state index in [0.717, 1.165) is 15.4 Å². The number of guanidine groups is 1. The predicted octanol–water partition coefficient (Wildman–Crippen LogP) is -0.932. The van der Waals surface area contributed by atoms with Crippen molar-refractivity contribution in [2.45, 2.75) is 63.7 Å². The Hall–Kier alpha value is -4.67. The van der Waals surface area contributed by atoms with E-state index in [0.29, 0.717) is 12.0 Å². The number of benzene rings is 1. The number of H-pyrrole nitrogens is 1. The molecule has 2 heterocycles. The van der Waals surface area contributed by atoms with E-state index in [4.69, 9.17) is 11.5 Å². The number of carbonyl (C=O) groups excluding carboxylic acids is 5. The molecule has 1 aliphatic heterocycles. The van der Waals surface area contributed by atoms with Crippen LogP contribution in [-0.4, -0.2) is 101 Å². The second kappa shape index (κ2) is 16.1. The third-order valence-electron chi connectivity index (χ3n) is 7.49. The molecule has 4 atom stereocenters. The van der Waals surface area contributed by atoms with Gasteiger partial charge >= 0.3 is 5.97 Å². The van der Waals surface area contributed by atoms with Gasteiger partial charge in [-0.15, -0.1) is 0 Å². The average molecular weight is 707 g/mol. The number of hydrogen-bond donors (Lipinski definition) is 8. The number of carboxylic acid groups (broad SMARTS) is 1. The highest BCUT2D eigenvalue weighted by Gasteiger charge is 2.37. The fraction of sp³-hybridized carbons (Fsp3) is 0.483. The lowest BCUT2D eigenvalue weighted by atomic mass is 9.98. The molecular formula is C29H40BrN9O7. The minimum absolute atomic E-state index is 0.0288. The number of aromatic nitrogens is 1. The number of aliphatic imine (C=N–C) groups is 1. The number of amides is 5. The van der Waals surface area contributed by atoms with E-state index < -0.39 is 78.6 Å². The van der Waals surface area contributed by atoms with E-state index in [2.05, 4.69) is 47.2 Å². The summed E-state index contributed by atoms with van der Waals surface area (Å²) in [6.07, 6.45) is 1.27. The van der Waals surface area contributed by atoms with Gasteiger partial charge in [-0.05, 0) is 46.3 Å². The van der Waals surface area contributed by atoms with Crippen molar-refractivity contribution < 1.29 is 33.9 Å². The standard InChI is InChI=1S/C29H40BrN9O7/c1-14(2)24-27(45)37-18(8-5-9-33-29(31)32)25(43)35-13-21(40)36-19(11-22(41)42)26(44)38-20(28(46)39(24)3)10-15-12-34-23-16(15)6-4-7-17(23)30/h4,6-7,12,14,18-20,24,34H,5,8-11,13H2,1-3H3,(H,35,43)(H,36,40)(H,37,45)(H,38,44)(H,41,42)(H4,31,32,33)/t18-,19-,20+,24-/m0/s1. The molecule has 250 valence electrons. The number of carbonyl (C=O) groups is 6. The fourth-order valence-corrected chi connectivity index (χ4v) is 5.78. The highest BCUT2D eigenvalue weighted by Crippen LogP contribution is 2.27. The van der Waals surface area contributed by atoms with Gasteiger partial charge in [-0.3, -0.25) is 33.8 Å². The van der Waals surface area contributed by atoms with E-state index in [1.807, 2.05) is 18.2 Å². The second-order valence-corrected chi connectivity index (χ2v) is 12.2. The first kappa shape index (κ1) is 35.8. The maximum absolute atomic E-state index is 14.1. The summed E-state index contributed by atoms with van der Waals surface area (Å²) in [6.45, 7) is 3.02. The summed E-state index contributed by atoms with van der Waals surface area (Å²) in [5, 5.41) is 20.3. The molecule has 1 aliphatic rings. The zero-order valence-corrected chi connectivity index (χ0v) is 27.3. The Bertz CT molecular complexity index is 1500. The number of nitrogens with two attached hydrogens (primary N) is 2. The molecule has 17 heteroatoms. The van der Waals surface area contributed by atoms with Crippen molar-refractivity contribution in [2.75, 3.05) is 20.1 Å². The summed E-state index contributed by atoms with van der Waals surface area (Å²) in [7, 11) is 1.42. The molecule has 5 amide bonds. The lowest BCUT2D eigenvalue weighted by Crippen LogP contribution is -2.59. The summed E-state index contributed by atoms with van der Waals surface area (Å²) >= 11 is 3.48. The molecule has 0 radical (unpaired) electrons. The van der Waals surface area contributed by atoms with Gasteiger partial charge in [0.1, 0.15) is 24.2 Å². The molecule has 0 unspecified atom stereocenters. The molecular weight excluding hydrogens is 666 g/mol. The minimum atomic E-state index is -1.57. The van der Waals surface area contributed by atoms with Crippen LogP contribution in [0, 0.1) is 5.92 Å².